The molecule has 0 aliphatic carbocycles. The Bertz CT molecular complexity index is 1230. The maximum Gasteiger partial charge on any atom is 0.329 e. The molecular weight excluding hydrogens is 507 g/mol. The van der Waals surface area contributed by atoms with Gasteiger partial charge in [0.05, 0.1) is 11.9 Å². The number of benzene rings is 3. The number of rotatable bonds is 7. The van der Waals surface area contributed by atoms with Crippen molar-refractivity contribution in [1.29, 1.82) is 0 Å². The summed E-state index contributed by atoms with van der Waals surface area (Å²) >= 11 is 3.33. The summed E-state index contributed by atoms with van der Waals surface area (Å²) in [5, 5.41) is 8.64. The van der Waals surface area contributed by atoms with Gasteiger partial charge >= 0.3 is 11.8 Å². The quantitative estimate of drug-likeness (QED) is 0.245. The van der Waals surface area contributed by atoms with Crippen LogP contribution < -0.4 is 20.8 Å². The molecule has 10 heteroatoms. The van der Waals surface area contributed by atoms with Crippen molar-refractivity contribution in [2.24, 2.45) is 5.10 Å². The van der Waals surface area contributed by atoms with Crippen LogP contribution >= 0.6 is 15.9 Å². The van der Waals surface area contributed by atoms with Crippen LogP contribution in [-0.2, 0) is 14.4 Å². The van der Waals surface area contributed by atoms with Crippen molar-refractivity contribution in [2.45, 2.75) is 6.92 Å². The zero-order valence-corrected chi connectivity index (χ0v) is 19.6. The van der Waals surface area contributed by atoms with E-state index >= 15 is 0 Å². The van der Waals surface area contributed by atoms with Gasteiger partial charge < -0.3 is 15.4 Å². The second-order valence-electron chi connectivity index (χ2n) is 7.02. The first-order valence-corrected chi connectivity index (χ1v) is 10.8. The van der Waals surface area contributed by atoms with E-state index in [0.29, 0.717) is 21.5 Å². The molecule has 3 rings (SSSR count). The topological polar surface area (TPSA) is 109 Å². The Morgan fingerprint density at radius 2 is 1.74 bits per heavy atom. The first-order valence-electron chi connectivity index (χ1n) is 9.99. The van der Waals surface area contributed by atoms with Crippen LogP contribution in [0.15, 0.2) is 76.3 Å². The van der Waals surface area contributed by atoms with Gasteiger partial charge in [0.1, 0.15) is 11.6 Å². The van der Waals surface area contributed by atoms with Crippen LogP contribution in [0.4, 0.5) is 15.8 Å². The second-order valence-corrected chi connectivity index (χ2v) is 7.93. The van der Waals surface area contributed by atoms with Gasteiger partial charge in [0.15, 0.2) is 6.61 Å². The summed E-state index contributed by atoms with van der Waals surface area (Å²) in [7, 11) is 0. The van der Waals surface area contributed by atoms with Gasteiger partial charge in [-0.05, 0) is 49.4 Å². The molecule has 0 atom stereocenters. The number of hydrazone groups is 1. The Morgan fingerprint density at radius 1 is 1.00 bits per heavy atom. The molecule has 0 aromatic heterocycles. The van der Waals surface area contributed by atoms with Crippen LogP contribution in [0.2, 0.25) is 0 Å². The number of anilines is 2. The molecule has 34 heavy (non-hydrogen) atoms. The third-order valence-corrected chi connectivity index (χ3v) is 4.86. The largest absolute Gasteiger partial charge is 0.483 e. The summed E-state index contributed by atoms with van der Waals surface area (Å²) in [6, 6.07) is 17.8. The lowest BCUT2D eigenvalue weighted by molar-refractivity contribution is -0.136. The van der Waals surface area contributed by atoms with Gasteiger partial charge in [-0.3, -0.25) is 14.4 Å². The smallest absolute Gasteiger partial charge is 0.329 e. The summed E-state index contributed by atoms with van der Waals surface area (Å²) in [6.07, 6.45) is 1.26. The normalized spacial score (nSPS) is 10.6. The predicted molar refractivity (Wildman–Crippen MR) is 130 cm³/mol. The van der Waals surface area contributed by atoms with Crippen LogP contribution in [0.1, 0.15) is 11.1 Å². The molecule has 3 aromatic rings. The summed E-state index contributed by atoms with van der Waals surface area (Å²) < 4.78 is 19.9. The summed E-state index contributed by atoms with van der Waals surface area (Å²) in [5.74, 6) is -2.87. The van der Waals surface area contributed by atoms with Crippen molar-refractivity contribution < 1.29 is 23.5 Å². The molecule has 0 spiro atoms. The Balaban J connectivity index is 1.57. The van der Waals surface area contributed by atoms with Crippen LogP contribution in [0.25, 0.3) is 0 Å². The van der Waals surface area contributed by atoms with Crippen LogP contribution in [-0.4, -0.2) is 30.5 Å². The molecule has 8 nitrogen and oxygen atoms in total. The molecule has 0 radical (unpaired) electrons. The summed E-state index contributed by atoms with van der Waals surface area (Å²) in [6.45, 7) is 1.69. The van der Waals surface area contributed by atoms with Gasteiger partial charge in [-0.25, -0.2) is 9.82 Å². The maximum atomic E-state index is 13.6. The lowest BCUT2D eigenvalue weighted by Crippen LogP contribution is -2.32. The van der Waals surface area contributed by atoms with E-state index in [1.165, 1.54) is 24.4 Å². The first-order chi connectivity index (χ1) is 16.3. The molecule has 3 aromatic carbocycles. The fourth-order valence-corrected chi connectivity index (χ4v) is 3.06. The van der Waals surface area contributed by atoms with E-state index in [1.54, 1.807) is 30.3 Å². The Kier molecular flexibility index (Phi) is 8.47. The minimum absolute atomic E-state index is 0.127. The van der Waals surface area contributed by atoms with Crippen molar-refractivity contribution >= 4 is 51.2 Å². The maximum absolute atomic E-state index is 13.6. The highest BCUT2D eigenvalue weighted by atomic mass is 79.9. The number of halogens is 2. The summed E-state index contributed by atoms with van der Waals surface area (Å²) in [5.41, 5.74) is 4.10. The summed E-state index contributed by atoms with van der Waals surface area (Å²) in [4.78, 5) is 36.1. The zero-order chi connectivity index (χ0) is 24.5. The molecule has 0 aliphatic rings. The van der Waals surface area contributed by atoms with Gasteiger partial charge in [0.25, 0.3) is 5.91 Å². The van der Waals surface area contributed by atoms with Gasteiger partial charge in [0.2, 0.25) is 0 Å². The zero-order valence-electron chi connectivity index (χ0n) is 18.0. The number of ether oxygens (including phenoxy) is 1. The number of hydrogen-bond acceptors (Lipinski definition) is 5. The molecule has 174 valence electrons. The standard InChI is InChI=1S/C24H20BrFN4O4/c1-15-6-9-18(10-7-15)28-22(31)14-34-21-11-8-17(25)12-16(21)13-27-30-24(33)23(32)29-20-5-3-2-4-19(20)26/h2-13H,14H2,1H3,(H,28,31)(H,29,32)(H,30,33)/b27-13-. The molecule has 3 amide bonds. The average molecular weight is 527 g/mol. The molecule has 0 fully saturated rings. The minimum Gasteiger partial charge on any atom is -0.483 e. The fraction of sp³-hybridized carbons (Fsp3) is 0.0833. The predicted octanol–water partition coefficient (Wildman–Crippen LogP) is 4.00. The molecule has 0 saturated heterocycles. The van der Waals surface area contributed by atoms with E-state index in [2.05, 4.69) is 37.1 Å². The number of nitrogens with one attached hydrogen (secondary N) is 3. The van der Waals surface area contributed by atoms with Crippen molar-refractivity contribution in [2.75, 3.05) is 17.2 Å². The third-order valence-electron chi connectivity index (χ3n) is 4.36. The van der Waals surface area contributed by atoms with Crippen molar-refractivity contribution in [3.63, 3.8) is 0 Å². The number of hydrogen-bond donors (Lipinski definition) is 3. The number of para-hydroxylation sites is 1. The van der Waals surface area contributed by atoms with Crippen LogP contribution in [0.3, 0.4) is 0 Å². The van der Waals surface area contributed by atoms with E-state index in [-0.39, 0.29) is 18.2 Å². The van der Waals surface area contributed by atoms with E-state index in [9.17, 15) is 18.8 Å². The van der Waals surface area contributed by atoms with Gasteiger partial charge in [0, 0.05) is 15.7 Å². The highest BCUT2D eigenvalue weighted by Crippen LogP contribution is 2.22. The lowest BCUT2D eigenvalue weighted by atomic mass is 10.2. The average Bonchev–Trinajstić information content (AvgIpc) is 2.81. The second kappa shape index (κ2) is 11.7. The van der Waals surface area contributed by atoms with Gasteiger partial charge in [-0.1, -0.05) is 45.8 Å². The van der Waals surface area contributed by atoms with Crippen molar-refractivity contribution in [3.8, 4) is 5.75 Å². The molecule has 0 bridgehead atoms. The van der Waals surface area contributed by atoms with Crippen LogP contribution in [0.5, 0.6) is 5.75 Å². The first kappa shape index (κ1) is 24.6. The Hall–Kier alpha value is -4.05. The number of carbonyl (C=O) groups is 3. The monoisotopic (exact) mass is 526 g/mol. The van der Waals surface area contributed by atoms with Crippen LogP contribution in [0, 0.1) is 12.7 Å². The van der Waals surface area contributed by atoms with E-state index in [0.717, 1.165) is 11.6 Å². The lowest BCUT2D eigenvalue weighted by Gasteiger charge is -2.10. The number of amides is 3. The third kappa shape index (κ3) is 7.24. The van der Waals surface area contributed by atoms with E-state index in [1.807, 2.05) is 19.1 Å². The van der Waals surface area contributed by atoms with Gasteiger partial charge in [-0.2, -0.15) is 5.10 Å². The molecule has 0 unspecified atom stereocenters. The van der Waals surface area contributed by atoms with Gasteiger partial charge in [-0.15, -0.1) is 0 Å². The van der Waals surface area contributed by atoms with Crippen molar-refractivity contribution in [1.82, 2.24) is 5.43 Å². The Labute approximate surface area is 203 Å². The van der Waals surface area contributed by atoms with E-state index in [4.69, 9.17) is 4.74 Å². The molecule has 0 aliphatic heterocycles. The Morgan fingerprint density at radius 3 is 2.47 bits per heavy atom. The van der Waals surface area contributed by atoms with E-state index < -0.39 is 17.6 Å². The minimum atomic E-state index is -1.09. The number of nitrogens with zero attached hydrogens (tertiary/aromatic N) is 1. The highest BCUT2D eigenvalue weighted by Gasteiger charge is 2.15. The molecule has 0 heterocycles. The highest BCUT2D eigenvalue weighted by molar-refractivity contribution is 9.10. The molecule has 0 saturated carbocycles. The SMILES string of the molecule is Cc1ccc(NC(=O)COc2ccc(Br)cc2/C=N\NC(=O)C(=O)Nc2ccccc2F)cc1. The van der Waals surface area contributed by atoms with Crippen molar-refractivity contribution in [3.05, 3.63) is 88.1 Å². The fourth-order valence-electron chi connectivity index (χ4n) is 2.68. The number of carbonyl (C=O) groups excluding carboxylic acids is 3. The molecule has 3 N–H and O–H groups in total. The molecular formula is C24H20BrFN4O4. The number of aryl methyl sites for hydroxylation is 1.